The summed E-state index contributed by atoms with van der Waals surface area (Å²) in [7, 11) is 0. The molecule has 1 aromatic heterocycles. The number of carbonyl (C=O) groups excluding carboxylic acids is 2. The fourth-order valence-corrected chi connectivity index (χ4v) is 2.59. The van der Waals surface area contributed by atoms with Gasteiger partial charge >= 0.3 is 0 Å². The number of aromatic nitrogens is 1. The molecule has 1 aromatic carbocycles. The number of nitrogens with zero attached hydrogens (tertiary/aromatic N) is 2. The van der Waals surface area contributed by atoms with Crippen molar-refractivity contribution in [3.8, 4) is 0 Å². The lowest BCUT2D eigenvalue weighted by Crippen LogP contribution is -2.45. The van der Waals surface area contributed by atoms with E-state index in [9.17, 15) is 9.59 Å². The Labute approximate surface area is 122 Å². The van der Waals surface area contributed by atoms with Gasteiger partial charge in [0, 0.05) is 12.4 Å². The number of benzene rings is 1. The smallest absolute Gasteiger partial charge is 0.262 e. The maximum Gasteiger partial charge on any atom is 0.262 e. The van der Waals surface area contributed by atoms with Gasteiger partial charge in [-0.1, -0.05) is 12.1 Å². The largest absolute Gasteiger partial charge is 0.412 e. The van der Waals surface area contributed by atoms with Crippen LogP contribution in [0.5, 0.6) is 0 Å². The molecule has 5 heteroatoms. The molecule has 0 atom stereocenters. The van der Waals surface area contributed by atoms with E-state index in [0.717, 1.165) is 5.56 Å². The van der Waals surface area contributed by atoms with Gasteiger partial charge < -0.3 is 5.48 Å². The van der Waals surface area contributed by atoms with Crippen molar-refractivity contribution < 1.29 is 15.1 Å². The molecule has 108 valence electrons. The van der Waals surface area contributed by atoms with Gasteiger partial charge in [0.15, 0.2) is 0 Å². The Kier molecular flexibility index (Phi) is 3.61. The van der Waals surface area contributed by atoms with E-state index in [-0.39, 0.29) is 17.3 Å². The van der Waals surface area contributed by atoms with Gasteiger partial charge in [0.05, 0.1) is 16.7 Å². The topological polar surface area (TPSA) is 81.8 Å². The molecule has 3 rings (SSSR count). The zero-order valence-corrected chi connectivity index (χ0v) is 11.8. The first-order valence-corrected chi connectivity index (χ1v) is 6.42. The van der Waals surface area contributed by atoms with E-state index in [1.165, 1.54) is 4.90 Å². The van der Waals surface area contributed by atoms with E-state index in [0.29, 0.717) is 11.1 Å². The van der Waals surface area contributed by atoms with Crippen LogP contribution >= 0.6 is 0 Å². The number of imide groups is 1. The average molecular weight is 284 g/mol. The van der Waals surface area contributed by atoms with Crippen LogP contribution in [-0.4, -0.2) is 27.2 Å². The number of hydrogen-bond acceptors (Lipinski definition) is 3. The second-order valence-electron chi connectivity index (χ2n) is 5.29. The van der Waals surface area contributed by atoms with Crippen LogP contribution in [0, 0.1) is 0 Å². The molecular weight excluding hydrogens is 268 g/mol. The molecule has 0 bridgehead atoms. The molecule has 0 saturated carbocycles. The van der Waals surface area contributed by atoms with Crippen LogP contribution < -0.4 is 0 Å². The van der Waals surface area contributed by atoms with Crippen LogP contribution in [0.2, 0.25) is 0 Å². The summed E-state index contributed by atoms with van der Waals surface area (Å²) in [4.78, 5) is 30.3. The first-order chi connectivity index (χ1) is 9.53. The van der Waals surface area contributed by atoms with Gasteiger partial charge in [0.2, 0.25) is 0 Å². The third-order valence-electron chi connectivity index (χ3n) is 3.74. The van der Waals surface area contributed by atoms with Crippen LogP contribution in [0.3, 0.4) is 0 Å². The number of pyridine rings is 1. The van der Waals surface area contributed by atoms with E-state index in [1.54, 1.807) is 36.7 Å². The summed E-state index contributed by atoms with van der Waals surface area (Å²) in [6.45, 7) is 3.73. The second-order valence-corrected chi connectivity index (χ2v) is 5.29. The highest BCUT2D eigenvalue weighted by Gasteiger charge is 2.44. The van der Waals surface area contributed by atoms with E-state index in [1.807, 2.05) is 26.0 Å². The highest BCUT2D eigenvalue weighted by molar-refractivity contribution is 6.21. The van der Waals surface area contributed by atoms with Crippen LogP contribution in [0.25, 0.3) is 0 Å². The molecule has 21 heavy (non-hydrogen) atoms. The molecule has 2 aromatic rings. The van der Waals surface area contributed by atoms with Gasteiger partial charge in [-0.2, -0.15) is 0 Å². The molecule has 5 nitrogen and oxygen atoms in total. The first-order valence-electron chi connectivity index (χ1n) is 6.42. The molecule has 0 fully saturated rings. The minimum Gasteiger partial charge on any atom is -0.412 e. The first kappa shape index (κ1) is 14.9. The Morgan fingerprint density at radius 1 is 0.905 bits per heavy atom. The maximum atomic E-state index is 12.5. The standard InChI is InChI=1S/C16H14N2O2.H2O/c1-16(2,11-7-9-17-10-8-11)18-14(19)12-5-3-4-6-13(12)15(18)20;/h3-10H,1-2H3;1H2. The van der Waals surface area contributed by atoms with Crippen molar-refractivity contribution in [1.29, 1.82) is 0 Å². The zero-order chi connectivity index (χ0) is 14.3. The molecule has 0 saturated heterocycles. The molecule has 0 spiro atoms. The summed E-state index contributed by atoms with van der Waals surface area (Å²) in [5.74, 6) is -0.486. The molecule has 0 unspecified atom stereocenters. The number of hydrogen-bond donors (Lipinski definition) is 0. The third kappa shape index (κ3) is 2.11. The zero-order valence-electron chi connectivity index (χ0n) is 11.8. The van der Waals surface area contributed by atoms with E-state index in [2.05, 4.69) is 4.98 Å². The summed E-state index contributed by atoms with van der Waals surface area (Å²) in [6, 6.07) is 10.6. The molecule has 0 aliphatic carbocycles. The van der Waals surface area contributed by atoms with Crippen LogP contribution in [0.4, 0.5) is 0 Å². The summed E-state index contributed by atoms with van der Waals surface area (Å²) in [5.41, 5.74) is 1.11. The maximum absolute atomic E-state index is 12.5. The fraction of sp³-hybridized carbons (Fsp3) is 0.188. The van der Waals surface area contributed by atoms with Crippen LogP contribution in [-0.2, 0) is 5.54 Å². The monoisotopic (exact) mass is 284 g/mol. The van der Waals surface area contributed by atoms with Crippen LogP contribution in [0.1, 0.15) is 40.1 Å². The minimum atomic E-state index is -0.712. The molecule has 2 amide bonds. The predicted octanol–water partition coefficient (Wildman–Crippen LogP) is 1.79. The number of fused-ring (bicyclic) bond motifs is 1. The van der Waals surface area contributed by atoms with Gasteiger partial charge in [0.25, 0.3) is 11.8 Å². The van der Waals surface area contributed by atoms with Crippen molar-refractivity contribution in [2.45, 2.75) is 19.4 Å². The van der Waals surface area contributed by atoms with E-state index < -0.39 is 5.54 Å². The lowest BCUT2D eigenvalue weighted by Gasteiger charge is -2.34. The predicted molar refractivity (Wildman–Crippen MR) is 77.8 cm³/mol. The molecule has 1 aliphatic rings. The average Bonchev–Trinajstić information content (AvgIpc) is 2.73. The van der Waals surface area contributed by atoms with Crippen molar-refractivity contribution in [2.75, 3.05) is 0 Å². The van der Waals surface area contributed by atoms with Crippen molar-refractivity contribution in [3.05, 3.63) is 65.5 Å². The summed E-state index contributed by atoms with van der Waals surface area (Å²) in [5, 5.41) is 0. The van der Waals surface area contributed by atoms with Gasteiger partial charge in [-0.25, -0.2) is 0 Å². The summed E-state index contributed by atoms with van der Waals surface area (Å²) < 4.78 is 0. The number of carbonyl (C=O) groups is 2. The Morgan fingerprint density at radius 3 is 1.86 bits per heavy atom. The second kappa shape index (κ2) is 5.10. The Morgan fingerprint density at radius 2 is 1.38 bits per heavy atom. The molecule has 0 radical (unpaired) electrons. The highest BCUT2D eigenvalue weighted by Crippen LogP contribution is 2.35. The Bertz CT molecular complexity index is 661. The lowest BCUT2D eigenvalue weighted by atomic mass is 9.93. The molecular formula is C16H16N2O3. The van der Waals surface area contributed by atoms with Gasteiger partial charge in [0.1, 0.15) is 0 Å². The summed E-state index contributed by atoms with van der Waals surface area (Å²) >= 11 is 0. The fourth-order valence-electron chi connectivity index (χ4n) is 2.59. The SMILES string of the molecule is CC(C)(c1ccncc1)N1C(=O)c2ccccc2C1=O.O. The van der Waals surface area contributed by atoms with E-state index >= 15 is 0 Å². The van der Waals surface area contributed by atoms with Crippen molar-refractivity contribution in [2.24, 2.45) is 0 Å². The van der Waals surface area contributed by atoms with E-state index in [4.69, 9.17) is 0 Å². The quantitative estimate of drug-likeness (QED) is 0.788. The highest BCUT2D eigenvalue weighted by atomic mass is 16.2. The Hall–Kier alpha value is -2.53. The third-order valence-corrected chi connectivity index (χ3v) is 3.74. The van der Waals surface area contributed by atoms with Gasteiger partial charge in [-0.3, -0.25) is 19.5 Å². The van der Waals surface area contributed by atoms with Crippen molar-refractivity contribution in [3.63, 3.8) is 0 Å². The number of rotatable bonds is 2. The van der Waals surface area contributed by atoms with Crippen LogP contribution in [0.15, 0.2) is 48.8 Å². The number of amides is 2. The summed E-state index contributed by atoms with van der Waals surface area (Å²) in [6.07, 6.45) is 3.32. The van der Waals surface area contributed by atoms with Gasteiger partial charge in [-0.05, 0) is 43.7 Å². The van der Waals surface area contributed by atoms with Crippen molar-refractivity contribution in [1.82, 2.24) is 9.88 Å². The molecule has 2 heterocycles. The van der Waals surface area contributed by atoms with Gasteiger partial charge in [-0.15, -0.1) is 0 Å². The normalized spacial score (nSPS) is 13.9. The molecule has 1 aliphatic heterocycles. The molecule has 2 N–H and O–H groups in total. The lowest BCUT2D eigenvalue weighted by molar-refractivity contribution is 0.0475. The Balaban J connectivity index is 0.00000161. The van der Waals surface area contributed by atoms with Crippen molar-refractivity contribution >= 4 is 11.8 Å². The minimum absolute atomic E-state index is 0.